The van der Waals surface area contributed by atoms with Gasteiger partial charge in [-0.3, -0.25) is 4.79 Å². The van der Waals surface area contributed by atoms with Gasteiger partial charge < -0.3 is 14.2 Å². The molecule has 6 nitrogen and oxygen atoms in total. The molecule has 0 saturated carbocycles. The van der Waals surface area contributed by atoms with E-state index in [9.17, 15) is 9.59 Å². The summed E-state index contributed by atoms with van der Waals surface area (Å²) in [6, 6.07) is 12.3. The second-order valence-electron chi connectivity index (χ2n) is 5.58. The summed E-state index contributed by atoms with van der Waals surface area (Å²) < 4.78 is 16.6. The molecule has 2 aromatic carbocycles. The van der Waals surface area contributed by atoms with Crippen LogP contribution in [0.1, 0.15) is 24.5 Å². The number of benzene rings is 2. The zero-order valence-electron chi connectivity index (χ0n) is 14.7. The zero-order valence-corrected chi connectivity index (χ0v) is 16.3. The van der Waals surface area contributed by atoms with Gasteiger partial charge in [-0.1, -0.05) is 35.0 Å². The normalized spacial score (nSPS) is 14.7. The van der Waals surface area contributed by atoms with E-state index < -0.39 is 5.97 Å². The molecule has 0 atom stereocenters. The Bertz CT molecular complexity index is 965. The van der Waals surface area contributed by atoms with Crippen LogP contribution in [0, 0.1) is 0 Å². The van der Waals surface area contributed by atoms with E-state index in [1.807, 2.05) is 18.2 Å². The Labute approximate surface area is 164 Å². The molecule has 1 aliphatic heterocycles. The third kappa shape index (κ3) is 4.43. The van der Waals surface area contributed by atoms with Gasteiger partial charge in [-0.2, -0.15) is 0 Å². The van der Waals surface area contributed by atoms with Gasteiger partial charge in [0.1, 0.15) is 0 Å². The molecule has 1 heterocycles. The smallest absolute Gasteiger partial charge is 0.363 e. The van der Waals surface area contributed by atoms with Crippen LogP contribution in [-0.4, -0.2) is 24.9 Å². The monoisotopic (exact) mass is 429 g/mol. The molecule has 3 rings (SSSR count). The van der Waals surface area contributed by atoms with Crippen LogP contribution >= 0.6 is 15.9 Å². The quantitative estimate of drug-likeness (QED) is 0.406. The average molecular weight is 430 g/mol. The Hall–Kier alpha value is -2.93. The first-order valence-electron chi connectivity index (χ1n) is 8.17. The summed E-state index contributed by atoms with van der Waals surface area (Å²) in [5.41, 5.74) is 1.53. The minimum absolute atomic E-state index is 0.172. The number of hydrogen-bond acceptors (Lipinski definition) is 6. The van der Waals surface area contributed by atoms with Crippen molar-refractivity contribution in [1.82, 2.24) is 0 Å². The second kappa shape index (κ2) is 8.18. The third-order valence-corrected chi connectivity index (χ3v) is 4.19. The molecule has 0 fully saturated rings. The highest BCUT2D eigenvalue weighted by atomic mass is 79.9. The molecule has 0 N–H and O–H groups in total. The number of ether oxygens (including phenoxy) is 3. The summed E-state index contributed by atoms with van der Waals surface area (Å²) in [5, 5.41) is 0. The Morgan fingerprint density at radius 3 is 2.74 bits per heavy atom. The molecular weight excluding hydrogens is 414 g/mol. The van der Waals surface area contributed by atoms with Crippen molar-refractivity contribution >= 4 is 39.8 Å². The Kier molecular flexibility index (Phi) is 5.71. The number of halogens is 1. The van der Waals surface area contributed by atoms with Crippen molar-refractivity contribution in [2.75, 3.05) is 7.11 Å². The molecule has 0 spiro atoms. The van der Waals surface area contributed by atoms with Gasteiger partial charge in [0.05, 0.1) is 7.11 Å². The lowest BCUT2D eigenvalue weighted by Crippen LogP contribution is -2.06. The number of carbonyl (C=O) groups is 2. The zero-order chi connectivity index (χ0) is 19.4. The van der Waals surface area contributed by atoms with Crippen molar-refractivity contribution in [3.63, 3.8) is 0 Å². The number of rotatable bonds is 5. The molecule has 0 aliphatic carbocycles. The Morgan fingerprint density at radius 2 is 2.04 bits per heavy atom. The lowest BCUT2D eigenvalue weighted by Gasteiger charge is -2.09. The van der Waals surface area contributed by atoms with E-state index in [-0.39, 0.29) is 24.0 Å². The molecule has 0 unspecified atom stereocenters. The van der Waals surface area contributed by atoms with Crippen LogP contribution in [0.3, 0.4) is 0 Å². The number of methoxy groups -OCH3 is 1. The van der Waals surface area contributed by atoms with Crippen molar-refractivity contribution in [3.05, 3.63) is 63.8 Å². The molecule has 1 aliphatic rings. The maximum Gasteiger partial charge on any atom is 0.363 e. The van der Waals surface area contributed by atoms with E-state index in [1.165, 1.54) is 7.11 Å². The van der Waals surface area contributed by atoms with Gasteiger partial charge in [0.25, 0.3) is 0 Å². The van der Waals surface area contributed by atoms with Crippen LogP contribution in [0.2, 0.25) is 0 Å². The van der Waals surface area contributed by atoms with Crippen LogP contribution < -0.4 is 9.47 Å². The summed E-state index contributed by atoms with van der Waals surface area (Å²) >= 11 is 3.38. The summed E-state index contributed by atoms with van der Waals surface area (Å²) in [7, 11) is 1.48. The Balaban J connectivity index is 1.89. The minimum Gasteiger partial charge on any atom is -0.493 e. The van der Waals surface area contributed by atoms with Crippen molar-refractivity contribution in [2.24, 2.45) is 4.99 Å². The lowest BCUT2D eigenvalue weighted by atomic mass is 10.1. The van der Waals surface area contributed by atoms with Crippen molar-refractivity contribution < 1.29 is 23.8 Å². The summed E-state index contributed by atoms with van der Waals surface area (Å²) in [4.78, 5) is 27.9. The molecule has 0 amide bonds. The third-order valence-electron chi connectivity index (χ3n) is 3.70. The molecule has 2 aromatic rings. The first-order chi connectivity index (χ1) is 13.0. The fourth-order valence-electron chi connectivity index (χ4n) is 2.37. The van der Waals surface area contributed by atoms with Gasteiger partial charge in [-0.25, -0.2) is 9.79 Å². The maximum atomic E-state index is 12.1. The number of aliphatic imine (C=N–C) groups is 1. The second-order valence-corrected chi connectivity index (χ2v) is 6.50. The van der Waals surface area contributed by atoms with E-state index in [1.54, 1.807) is 37.3 Å². The average Bonchev–Trinajstić information content (AvgIpc) is 3.03. The minimum atomic E-state index is -0.537. The fourth-order valence-corrected chi connectivity index (χ4v) is 2.76. The van der Waals surface area contributed by atoms with E-state index in [0.29, 0.717) is 22.6 Å². The molecule has 138 valence electrons. The van der Waals surface area contributed by atoms with Crippen LogP contribution in [0.15, 0.2) is 57.6 Å². The van der Waals surface area contributed by atoms with Crippen LogP contribution in [0.4, 0.5) is 0 Å². The molecule has 0 saturated heterocycles. The molecule has 7 heteroatoms. The molecule has 0 radical (unpaired) electrons. The highest BCUT2D eigenvalue weighted by Gasteiger charge is 2.24. The van der Waals surface area contributed by atoms with Crippen LogP contribution in [0.5, 0.6) is 11.5 Å². The molecular formula is C20H16BrNO5. The van der Waals surface area contributed by atoms with E-state index in [0.717, 1.165) is 4.47 Å². The topological polar surface area (TPSA) is 74.2 Å². The largest absolute Gasteiger partial charge is 0.493 e. The van der Waals surface area contributed by atoms with Gasteiger partial charge in [0.15, 0.2) is 17.2 Å². The summed E-state index contributed by atoms with van der Waals surface area (Å²) in [6.07, 6.45) is 1.84. The van der Waals surface area contributed by atoms with E-state index in [2.05, 4.69) is 20.9 Å². The fraction of sp³-hybridized carbons (Fsp3) is 0.150. The summed E-state index contributed by atoms with van der Waals surface area (Å²) in [6.45, 7) is 1.71. The van der Waals surface area contributed by atoms with Gasteiger partial charge in [-0.15, -0.1) is 0 Å². The van der Waals surface area contributed by atoms with E-state index in [4.69, 9.17) is 14.2 Å². The first-order valence-corrected chi connectivity index (χ1v) is 8.96. The maximum absolute atomic E-state index is 12.1. The van der Waals surface area contributed by atoms with Crippen LogP contribution in [0.25, 0.3) is 6.08 Å². The lowest BCUT2D eigenvalue weighted by molar-refractivity contribution is -0.134. The van der Waals surface area contributed by atoms with Gasteiger partial charge >= 0.3 is 11.9 Å². The van der Waals surface area contributed by atoms with Gasteiger partial charge in [0, 0.05) is 16.5 Å². The first kappa shape index (κ1) is 18.8. The number of carbonyl (C=O) groups excluding carboxylic acids is 2. The number of hydrogen-bond donors (Lipinski definition) is 0. The van der Waals surface area contributed by atoms with Gasteiger partial charge in [-0.05, 0) is 42.0 Å². The van der Waals surface area contributed by atoms with Crippen molar-refractivity contribution in [2.45, 2.75) is 13.3 Å². The van der Waals surface area contributed by atoms with Crippen molar-refractivity contribution in [3.8, 4) is 11.5 Å². The highest BCUT2D eigenvalue weighted by molar-refractivity contribution is 9.10. The summed E-state index contributed by atoms with van der Waals surface area (Å²) in [5.74, 6) is 0.0491. The SMILES string of the molecule is CCC(=O)Oc1ccc(/C=C2\N=C(c3cccc(Br)c3)OC2=O)cc1OC. The highest BCUT2D eigenvalue weighted by Crippen LogP contribution is 2.30. The number of cyclic esters (lactones) is 1. The molecule has 27 heavy (non-hydrogen) atoms. The van der Waals surface area contributed by atoms with Crippen LogP contribution in [-0.2, 0) is 14.3 Å². The predicted octanol–water partition coefficient (Wildman–Crippen LogP) is 4.12. The standard InChI is InChI=1S/C20H16BrNO5/c1-3-18(23)26-16-8-7-12(10-17(16)25-2)9-15-20(24)27-19(22-15)13-5-4-6-14(21)11-13/h4-11H,3H2,1-2H3/b15-9-. The number of nitrogens with zero attached hydrogens (tertiary/aromatic N) is 1. The van der Waals surface area contributed by atoms with Gasteiger partial charge in [0.2, 0.25) is 5.90 Å². The van der Waals surface area contributed by atoms with E-state index >= 15 is 0 Å². The number of esters is 2. The molecule has 0 aromatic heterocycles. The predicted molar refractivity (Wildman–Crippen MR) is 104 cm³/mol. The van der Waals surface area contributed by atoms with Crippen molar-refractivity contribution in [1.29, 1.82) is 0 Å². The Morgan fingerprint density at radius 1 is 1.22 bits per heavy atom. The molecule has 0 bridgehead atoms.